The number of carbonyl (C=O) groups excluding carboxylic acids is 2. The third-order valence-electron chi connectivity index (χ3n) is 6.25. The number of fused-ring (bicyclic) bond motifs is 1. The maximum absolute atomic E-state index is 11.7. The molecule has 2 N–H and O–H groups in total. The highest BCUT2D eigenvalue weighted by Gasteiger charge is 2.35. The van der Waals surface area contributed by atoms with Gasteiger partial charge in [0.1, 0.15) is 29.5 Å². The van der Waals surface area contributed by atoms with Crippen LogP contribution in [0.2, 0.25) is 0 Å². The highest BCUT2D eigenvalue weighted by molar-refractivity contribution is 6.15. The summed E-state index contributed by atoms with van der Waals surface area (Å²) in [6.07, 6.45) is 3.44. The molecule has 0 aromatic heterocycles. The second kappa shape index (κ2) is 7.76. The summed E-state index contributed by atoms with van der Waals surface area (Å²) in [5, 5.41) is 12.6. The van der Waals surface area contributed by atoms with Crippen LogP contribution in [0.1, 0.15) is 47.6 Å². The van der Waals surface area contributed by atoms with Crippen LogP contribution in [0.15, 0.2) is 29.8 Å². The van der Waals surface area contributed by atoms with Crippen molar-refractivity contribution in [1.82, 2.24) is 5.32 Å². The van der Waals surface area contributed by atoms with Gasteiger partial charge in [-0.1, -0.05) is 12.1 Å². The van der Waals surface area contributed by atoms with Crippen molar-refractivity contribution in [1.29, 1.82) is 0 Å². The molecule has 1 fully saturated rings. The van der Waals surface area contributed by atoms with Gasteiger partial charge in [0.25, 0.3) is 5.91 Å². The quantitative estimate of drug-likeness (QED) is 0.578. The summed E-state index contributed by atoms with van der Waals surface area (Å²) in [6, 6.07) is 7.41. The number of phenolic OH excluding ortho intramolecular Hbond substituents is 1. The third kappa shape index (κ3) is 4.02. The Bertz CT molecular complexity index is 1100. The Morgan fingerprint density at radius 2 is 1.84 bits per heavy atom. The molecule has 0 aliphatic carbocycles. The molecule has 31 heavy (non-hydrogen) atoms. The van der Waals surface area contributed by atoms with E-state index in [2.05, 4.69) is 5.32 Å². The molecular weight excluding hydrogens is 394 g/mol. The van der Waals surface area contributed by atoms with Gasteiger partial charge in [0, 0.05) is 11.1 Å². The zero-order chi connectivity index (χ0) is 22.3. The van der Waals surface area contributed by atoms with E-state index in [1.54, 1.807) is 6.08 Å². The normalized spacial score (nSPS) is 21.6. The Hall–Kier alpha value is -3.28. The number of carbonyl (C=O) groups is 2. The zero-order valence-electron chi connectivity index (χ0n) is 18.3. The van der Waals surface area contributed by atoms with E-state index in [0.717, 1.165) is 46.4 Å². The summed E-state index contributed by atoms with van der Waals surface area (Å²) in [6.45, 7) is 8.26. The summed E-state index contributed by atoms with van der Waals surface area (Å²) in [5.74, 6) is 1.32. The highest BCUT2D eigenvalue weighted by Crippen LogP contribution is 2.43. The van der Waals surface area contributed by atoms with Crippen LogP contribution in [0.4, 0.5) is 0 Å². The first-order chi connectivity index (χ1) is 14.7. The van der Waals surface area contributed by atoms with Gasteiger partial charge in [-0.3, -0.25) is 14.9 Å². The fraction of sp³-hybridized carbons (Fsp3) is 0.360. The van der Waals surface area contributed by atoms with Gasteiger partial charge < -0.3 is 14.6 Å². The van der Waals surface area contributed by atoms with Gasteiger partial charge in [-0.05, 0) is 81.0 Å². The fourth-order valence-electron chi connectivity index (χ4n) is 4.11. The van der Waals surface area contributed by atoms with Crippen molar-refractivity contribution in [3.63, 3.8) is 0 Å². The Kier molecular flexibility index (Phi) is 5.25. The topological polar surface area (TPSA) is 84.9 Å². The SMILES string of the molecule is Cc1c(C)c2c(c(C)c1O)CCC(C)(COc1ccc(/C=C3\CC(=O)NC3=O)cc1)O2. The lowest BCUT2D eigenvalue weighted by atomic mass is 9.87. The minimum Gasteiger partial charge on any atom is -0.507 e. The van der Waals surface area contributed by atoms with Crippen molar-refractivity contribution in [2.24, 2.45) is 0 Å². The number of hydrogen-bond donors (Lipinski definition) is 2. The first kappa shape index (κ1) is 21.0. The molecule has 2 aromatic carbocycles. The Balaban J connectivity index is 1.45. The van der Waals surface area contributed by atoms with Gasteiger partial charge in [-0.15, -0.1) is 0 Å². The van der Waals surface area contributed by atoms with Gasteiger partial charge in [0.15, 0.2) is 0 Å². The van der Waals surface area contributed by atoms with Gasteiger partial charge in [-0.2, -0.15) is 0 Å². The maximum Gasteiger partial charge on any atom is 0.254 e. The van der Waals surface area contributed by atoms with Crippen molar-refractivity contribution < 1.29 is 24.2 Å². The number of phenols is 1. The first-order valence-corrected chi connectivity index (χ1v) is 10.4. The molecule has 4 rings (SSSR count). The van der Waals surface area contributed by atoms with Crippen LogP contribution in [0.25, 0.3) is 6.08 Å². The summed E-state index contributed by atoms with van der Waals surface area (Å²) in [5.41, 5.74) is 4.61. The van der Waals surface area contributed by atoms with E-state index in [0.29, 0.717) is 23.7 Å². The number of imide groups is 1. The van der Waals surface area contributed by atoms with E-state index < -0.39 is 5.60 Å². The van der Waals surface area contributed by atoms with Crippen LogP contribution in [0.3, 0.4) is 0 Å². The molecule has 0 saturated carbocycles. The molecule has 0 radical (unpaired) electrons. The van der Waals surface area contributed by atoms with Crippen molar-refractivity contribution >= 4 is 17.9 Å². The Morgan fingerprint density at radius 1 is 1.13 bits per heavy atom. The van der Waals surface area contributed by atoms with Crippen LogP contribution < -0.4 is 14.8 Å². The average molecular weight is 421 g/mol. The van der Waals surface area contributed by atoms with Gasteiger partial charge >= 0.3 is 0 Å². The number of ether oxygens (including phenoxy) is 2. The molecule has 162 valence electrons. The number of amides is 2. The molecule has 1 atom stereocenters. The van der Waals surface area contributed by atoms with Crippen LogP contribution >= 0.6 is 0 Å². The lowest BCUT2D eigenvalue weighted by molar-refractivity contribution is -0.124. The van der Waals surface area contributed by atoms with Gasteiger partial charge in [-0.25, -0.2) is 0 Å². The maximum atomic E-state index is 11.7. The summed E-state index contributed by atoms with van der Waals surface area (Å²) >= 11 is 0. The molecule has 2 aliphatic rings. The second-order valence-electron chi connectivity index (χ2n) is 8.66. The Labute approximate surface area is 181 Å². The monoisotopic (exact) mass is 421 g/mol. The lowest BCUT2D eigenvalue weighted by Gasteiger charge is -2.37. The molecule has 0 spiro atoms. The molecular formula is C25H27NO5. The van der Waals surface area contributed by atoms with Crippen LogP contribution in [0, 0.1) is 20.8 Å². The highest BCUT2D eigenvalue weighted by atomic mass is 16.5. The molecule has 1 unspecified atom stereocenters. The average Bonchev–Trinajstić information content (AvgIpc) is 3.06. The summed E-state index contributed by atoms with van der Waals surface area (Å²) in [4.78, 5) is 23.0. The van der Waals surface area contributed by atoms with Crippen molar-refractivity contribution in [3.8, 4) is 17.2 Å². The lowest BCUT2D eigenvalue weighted by Crippen LogP contribution is -2.42. The number of nitrogens with one attached hydrogen (secondary N) is 1. The predicted molar refractivity (Wildman–Crippen MR) is 117 cm³/mol. The molecule has 6 nitrogen and oxygen atoms in total. The molecule has 2 amide bonds. The predicted octanol–water partition coefficient (Wildman–Crippen LogP) is 3.91. The second-order valence-corrected chi connectivity index (χ2v) is 8.66. The molecule has 1 saturated heterocycles. The van der Waals surface area contributed by atoms with Gasteiger partial charge in [0.05, 0.1) is 6.42 Å². The minimum absolute atomic E-state index is 0.115. The standard InChI is InChI=1S/C25H27NO5/c1-14-15(2)23-20(16(3)22(14)28)9-10-25(4,31-23)13-30-19-7-5-17(6-8-19)11-18-12-21(27)26-24(18)29/h5-8,11,28H,9-10,12-13H2,1-4H3,(H,26,27,29)/b18-11+. The number of benzene rings is 2. The fourth-order valence-corrected chi connectivity index (χ4v) is 4.11. The zero-order valence-corrected chi connectivity index (χ0v) is 18.3. The molecule has 2 heterocycles. The smallest absolute Gasteiger partial charge is 0.254 e. The largest absolute Gasteiger partial charge is 0.507 e. The van der Waals surface area contributed by atoms with Gasteiger partial charge in [0.2, 0.25) is 5.91 Å². The third-order valence-corrected chi connectivity index (χ3v) is 6.25. The van der Waals surface area contributed by atoms with E-state index in [9.17, 15) is 14.7 Å². The molecule has 2 aliphatic heterocycles. The van der Waals surface area contributed by atoms with E-state index in [-0.39, 0.29) is 18.2 Å². The van der Waals surface area contributed by atoms with Crippen molar-refractivity contribution in [3.05, 3.63) is 57.7 Å². The van der Waals surface area contributed by atoms with Crippen LogP contribution in [0.5, 0.6) is 17.2 Å². The van der Waals surface area contributed by atoms with Crippen molar-refractivity contribution in [2.45, 2.75) is 52.6 Å². The van der Waals surface area contributed by atoms with E-state index in [1.807, 2.05) is 52.0 Å². The molecule has 2 aromatic rings. The summed E-state index contributed by atoms with van der Waals surface area (Å²) in [7, 11) is 0. The minimum atomic E-state index is -0.476. The van der Waals surface area contributed by atoms with E-state index in [1.165, 1.54) is 0 Å². The van der Waals surface area contributed by atoms with Crippen LogP contribution in [-0.2, 0) is 16.0 Å². The molecule has 0 bridgehead atoms. The van der Waals surface area contributed by atoms with Crippen LogP contribution in [-0.4, -0.2) is 29.1 Å². The first-order valence-electron chi connectivity index (χ1n) is 10.4. The number of aromatic hydroxyl groups is 1. The van der Waals surface area contributed by atoms with Crippen molar-refractivity contribution in [2.75, 3.05) is 6.61 Å². The van der Waals surface area contributed by atoms with E-state index in [4.69, 9.17) is 9.47 Å². The summed E-state index contributed by atoms with van der Waals surface area (Å²) < 4.78 is 12.4. The number of rotatable bonds is 4. The Morgan fingerprint density at radius 3 is 2.48 bits per heavy atom. The van der Waals surface area contributed by atoms with E-state index >= 15 is 0 Å². The number of hydrogen-bond acceptors (Lipinski definition) is 5. The molecule has 6 heteroatoms.